The van der Waals surface area contributed by atoms with Gasteiger partial charge < -0.3 is 15.7 Å². The number of carboxylic acids is 1. The molecule has 3 N–H and O–H groups in total. The molecule has 0 aromatic rings. The molecule has 0 bridgehead atoms. The van der Waals surface area contributed by atoms with E-state index in [1.54, 1.807) is 4.90 Å². The van der Waals surface area contributed by atoms with Crippen LogP contribution in [0.5, 0.6) is 0 Å². The number of nitrogens with zero attached hydrogens (tertiary/aromatic N) is 1. The third-order valence-corrected chi connectivity index (χ3v) is 4.55. The van der Waals surface area contributed by atoms with Crippen molar-refractivity contribution in [2.24, 2.45) is 17.6 Å². The minimum atomic E-state index is -0.868. The number of rotatable bonds is 2. The molecular weight excluding hydrogens is 244 g/mol. The van der Waals surface area contributed by atoms with Crippen LogP contribution in [0.1, 0.15) is 45.4 Å². The Morgan fingerprint density at radius 3 is 2.37 bits per heavy atom. The van der Waals surface area contributed by atoms with Gasteiger partial charge in [0.1, 0.15) is 6.04 Å². The van der Waals surface area contributed by atoms with Crippen molar-refractivity contribution >= 4 is 11.9 Å². The predicted octanol–water partition coefficient (Wildman–Crippen LogP) is 1.22. The summed E-state index contributed by atoms with van der Waals surface area (Å²) in [4.78, 5) is 25.4. The van der Waals surface area contributed by atoms with Crippen LogP contribution in [0.15, 0.2) is 0 Å². The Balaban J connectivity index is 2.02. The lowest BCUT2D eigenvalue weighted by atomic mass is 9.84. The molecule has 1 saturated carbocycles. The Bertz CT molecular complexity index is 351. The lowest BCUT2D eigenvalue weighted by Gasteiger charge is -2.39. The van der Waals surface area contributed by atoms with Gasteiger partial charge >= 0.3 is 5.97 Å². The lowest BCUT2D eigenvalue weighted by molar-refractivity contribution is -0.155. The van der Waals surface area contributed by atoms with Crippen molar-refractivity contribution in [1.82, 2.24) is 4.90 Å². The van der Waals surface area contributed by atoms with E-state index < -0.39 is 12.0 Å². The molecule has 5 heteroatoms. The maximum Gasteiger partial charge on any atom is 0.326 e. The first kappa shape index (κ1) is 14.3. The number of carbonyl (C=O) groups excluding carboxylic acids is 1. The van der Waals surface area contributed by atoms with Crippen LogP contribution < -0.4 is 5.73 Å². The quantitative estimate of drug-likeness (QED) is 0.788. The molecule has 1 aliphatic heterocycles. The fourth-order valence-corrected chi connectivity index (χ4v) is 3.24. The number of amides is 1. The van der Waals surface area contributed by atoms with Gasteiger partial charge in [0, 0.05) is 18.5 Å². The van der Waals surface area contributed by atoms with Gasteiger partial charge in [-0.2, -0.15) is 0 Å². The van der Waals surface area contributed by atoms with E-state index in [0.29, 0.717) is 18.9 Å². The number of aliphatic carboxylic acids is 1. The summed E-state index contributed by atoms with van der Waals surface area (Å²) in [6.07, 6.45) is 4.84. The smallest absolute Gasteiger partial charge is 0.326 e. The second-order valence-electron chi connectivity index (χ2n) is 6.13. The third-order valence-electron chi connectivity index (χ3n) is 4.55. The lowest BCUT2D eigenvalue weighted by Crippen LogP contribution is -2.52. The molecule has 19 heavy (non-hydrogen) atoms. The van der Waals surface area contributed by atoms with Crippen LogP contribution in [0.2, 0.25) is 0 Å². The third kappa shape index (κ3) is 3.26. The van der Waals surface area contributed by atoms with Gasteiger partial charge in [0.2, 0.25) is 5.91 Å². The molecule has 108 valence electrons. The standard InChI is InChI=1S/C14H24N2O3/c1-9-6-7-16(12(8-9)14(18)19)13(17)10-2-4-11(15)5-3-10/h9-12H,2-8,15H2,1H3,(H,18,19). The van der Waals surface area contributed by atoms with Crippen LogP contribution in [0.3, 0.4) is 0 Å². The second-order valence-corrected chi connectivity index (χ2v) is 6.13. The van der Waals surface area contributed by atoms with Crippen molar-refractivity contribution in [3.8, 4) is 0 Å². The summed E-state index contributed by atoms with van der Waals surface area (Å²) in [5.41, 5.74) is 5.85. The zero-order valence-electron chi connectivity index (χ0n) is 11.5. The van der Waals surface area contributed by atoms with E-state index in [1.165, 1.54) is 0 Å². The highest BCUT2D eigenvalue weighted by molar-refractivity contribution is 5.85. The molecule has 0 spiro atoms. The molecule has 0 aromatic heterocycles. The summed E-state index contributed by atoms with van der Waals surface area (Å²) in [7, 11) is 0. The van der Waals surface area contributed by atoms with Gasteiger partial charge in [-0.3, -0.25) is 4.79 Å². The van der Waals surface area contributed by atoms with Crippen molar-refractivity contribution in [1.29, 1.82) is 0 Å². The van der Waals surface area contributed by atoms with Crippen LogP contribution in [0.4, 0.5) is 0 Å². The molecule has 2 rings (SSSR count). The van der Waals surface area contributed by atoms with Crippen molar-refractivity contribution < 1.29 is 14.7 Å². The zero-order chi connectivity index (χ0) is 14.0. The minimum Gasteiger partial charge on any atom is -0.480 e. The SMILES string of the molecule is CC1CCN(C(=O)C2CCC(N)CC2)C(C(=O)O)C1. The van der Waals surface area contributed by atoms with Gasteiger partial charge in [-0.15, -0.1) is 0 Å². The topological polar surface area (TPSA) is 83.6 Å². The van der Waals surface area contributed by atoms with E-state index >= 15 is 0 Å². The van der Waals surface area contributed by atoms with Crippen LogP contribution in [0, 0.1) is 11.8 Å². The van der Waals surface area contributed by atoms with Crippen molar-refractivity contribution in [2.75, 3.05) is 6.54 Å². The molecule has 1 amide bonds. The van der Waals surface area contributed by atoms with Gasteiger partial charge in [0.25, 0.3) is 0 Å². The molecule has 2 atom stereocenters. The summed E-state index contributed by atoms with van der Waals surface area (Å²) < 4.78 is 0. The average Bonchev–Trinajstić information content (AvgIpc) is 2.38. The minimum absolute atomic E-state index is 0.0185. The second kappa shape index (κ2) is 5.90. The Kier molecular flexibility index (Phi) is 4.45. The number of carbonyl (C=O) groups is 2. The first-order valence-corrected chi connectivity index (χ1v) is 7.28. The van der Waals surface area contributed by atoms with Gasteiger partial charge in [-0.1, -0.05) is 6.92 Å². The summed E-state index contributed by atoms with van der Waals surface area (Å²) in [6, 6.07) is -0.424. The summed E-state index contributed by atoms with van der Waals surface area (Å²) in [5, 5.41) is 9.30. The van der Waals surface area contributed by atoms with Crippen molar-refractivity contribution in [3.63, 3.8) is 0 Å². The Morgan fingerprint density at radius 2 is 1.79 bits per heavy atom. The zero-order valence-corrected chi connectivity index (χ0v) is 11.5. The fourth-order valence-electron chi connectivity index (χ4n) is 3.24. The summed E-state index contributed by atoms with van der Waals surface area (Å²) in [6.45, 7) is 2.64. The molecule has 0 aromatic carbocycles. The molecule has 5 nitrogen and oxygen atoms in total. The van der Waals surface area contributed by atoms with Gasteiger partial charge in [0.15, 0.2) is 0 Å². The maximum atomic E-state index is 12.5. The largest absolute Gasteiger partial charge is 0.480 e. The first-order valence-electron chi connectivity index (χ1n) is 7.28. The highest BCUT2D eigenvalue weighted by Gasteiger charge is 2.38. The molecule has 1 aliphatic carbocycles. The van der Waals surface area contributed by atoms with Crippen LogP contribution in [0.25, 0.3) is 0 Å². The normalized spacial score (nSPS) is 36.0. The predicted molar refractivity (Wildman–Crippen MR) is 71.5 cm³/mol. The number of likely N-dealkylation sites (tertiary alicyclic amines) is 1. The highest BCUT2D eigenvalue weighted by atomic mass is 16.4. The van der Waals surface area contributed by atoms with Crippen molar-refractivity contribution in [2.45, 2.75) is 57.5 Å². The van der Waals surface area contributed by atoms with Crippen LogP contribution in [-0.2, 0) is 9.59 Å². The van der Waals surface area contributed by atoms with Crippen molar-refractivity contribution in [3.05, 3.63) is 0 Å². The van der Waals surface area contributed by atoms with Crippen LogP contribution >= 0.6 is 0 Å². The molecule has 2 fully saturated rings. The summed E-state index contributed by atoms with van der Waals surface area (Å²) in [5.74, 6) is -0.474. The van der Waals surface area contributed by atoms with Gasteiger partial charge in [-0.25, -0.2) is 4.79 Å². The monoisotopic (exact) mass is 268 g/mol. The Labute approximate surface area is 114 Å². The van der Waals surface area contributed by atoms with E-state index in [0.717, 1.165) is 32.1 Å². The number of hydrogen-bond acceptors (Lipinski definition) is 3. The van der Waals surface area contributed by atoms with Crippen LogP contribution in [-0.4, -0.2) is 40.5 Å². The fraction of sp³-hybridized carbons (Fsp3) is 0.857. The first-order chi connectivity index (χ1) is 8.99. The van der Waals surface area contributed by atoms with Gasteiger partial charge in [0.05, 0.1) is 0 Å². The maximum absolute atomic E-state index is 12.5. The van der Waals surface area contributed by atoms with E-state index in [-0.39, 0.29) is 17.9 Å². The number of nitrogens with two attached hydrogens (primary N) is 1. The number of piperidine rings is 1. The highest BCUT2D eigenvalue weighted by Crippen LogP contribution is 2.29. The molecule has 2 aliphatic rings. The average molecular weight is 268 g/mol. The molecule has 2 unspecified atom stereocenters. The molecule has 1 saturated heterocycles. The van der Waals surface area contributed by atoms with E-state index in [1.807, 2.05) is 0 Å². The van der Waals surface area contributed by atoms with E-state index in [9.17, 15) is 14.7 Å². The molecule has 1 heterocycles. The van der Waals surface area contributed by atoms with E-state index in [2.05, 4.69) is 6.92 Å². The molecular formula is C14H24N2O3. The summed E-state index contributed by atoms with van der Waals surface area (Å²) >= 11 is 0. The van der Waals surface area contributed by atoms with E-state index in [4.69, 9.17) is 5.73 Å². The molecule has 0 radical (unpaired) electrons. The number of hydrogen-bond donors (Lipinski definition) is 2. The number of carboxylic acid groups (broad SMARTS) is 1. The van der Waals surface area contributed by atoms with Gasteiger partial charge in [-0.05, 0) is 44.4 Å². The Morgan fingerprint density at radius 1 is 1.16 bits per heavy atom. The Hall–Kier alpha value is -1.10.